The molecule has 21 heavy (non-hydrogen) atoms. The van der Waals surface area contributed by atoms with Crippen molar-refractivity contribution in [2.75, 3.05) is 45.8 Å². The highest BCUT2D eigenvalue weighted by Crippen LogP contribution is 2.04. The number of carbonyl (C=O) groups excluding carboxylic acids is 2. The van der Waals surface area contributed by atoms with Gasteiger partial charge in [0.1, 0.15) is 6.61 Å². The molecule has 0 bridgehead atoms. The van der Waals surface area contributed by atoms with Crippen LogP contribution in [0.4, 0.5) is 5.69 Å². The molecule has 0 aliphatic heterocycles. The van der Waals surface area contributed by atoms with Crippen LogP contribution in [0.1, 0.15) is 10.4 Å². The van der Waals surface area contributed by atoms with Crippen molar-refractivity contribution in [3.8, 4) is 0 Å². The van der Waals surface area contributed by atoms with Gasteiger partial charge in [-0.05, 0) is 24.3 Å². The number of anilines is 1. The van der Waals surface area contributed by atoms with Crippen LogP contribution in [-0.4, -0.2) is 51.8 Å². The first kappa shape index (κ1) is 16.9. The van der Waals surface area contributed by atoms with Crippen molar-refractivity contribution in [2.45, 2.75) is 0 Å². The Balaban J connectivity index is 2.12. The van der Waals surface area contributed by atoms with Gasteiger partial charge in [0, 0.05) is 31.5 Å². The summed E-state index contributed by atoms with van der Waals surface area (Å²) in [5.41, 5.74) is 6.67. The summed E-state index contributed by atoms with van der Waals surface area (Å²) >= 11 is 0. The Kier molecular flexibility index (Phi) is 7.85. The van der Waals surface area contributed by atoms with Gasteiger partial charge in [0.05, 0.1) is 13.2 Å². The summed E-state index contributed by atoms with van der Waals surface area (Å²) in [5, 5.41) is 5.33. The molecule has 0 atom stereocenters. The summed E-state index contributed by atoms with van der Waals surface area (Å²) in [5.74, 6) is -0.437. The Bertz CT molecular complexity index is 448. The highest BCUT2D eigenvalue weighted by molar-refractivity contribution is 5.94. The van der Waals surface area contributed by atoms with E-state index in [9.17, 15) is 9.59 Å². The van der Waals surface area contributed by atoms with Gasteiger partial charge in [-0.15, -0.1) is 0 Å². The molecule has 4 N–H and O–H groups in total. The van der Waals surface area contributed by atoms with Crippen molar-refractivity contribution in [1.82, 2.24) is 10.6 Å². The average Bonchev–Trinajstić information content (AvgIpc) is 2.48. The first-order chi connectivity index (χ1) is 10.1. The molecule has 0 aliphatic rings. The highest BCUT2D eigenvalue weighted by atomic mass is 16.5. The topological polar surface area (TPSA) is 103 Å². The summed E-state index contributed by atoms with van der Waals surface area (Å²) in [6.07, 6.45) is 0. The minimum Gasteiger partial charge on any atom is -0.399 e. The van der Waals surface area contributed by atoms with Gasteiger partial charge in [-0.25, -0.2) is 0 Å². The molecule has 0 heterocycles. The molecule has 0 radical (unpaired) electrons. The quantitative estimate of drug-likeness (QED) is 0.432. The zero-order valence-corrected chi connectivity index (χ0v) is 12.1. The number of hydrogen-bond acceptors (Lipinski definition) is 5. The summed E-state index contributed by atoms with van der Waals surface area (Å²) in [6.45, 7) is 1.48. The van der Waals surface area contributed by atoms with E-state index in [4.69, 9.17) is 15.2 Å². The van der Waals surface area contributed by atoms with Gasteiger partial charge in [-0.1, -0.05) is 0 Å². The predicted octanol–water partition coefficient (Wildman–Crippen LogP) is -0.222. The second-order valence-corrected chi connectivity index (χ2v) is 4.27. The molecule has 0 saturated heterocycles. The second kappa shape index (κ2) is 9.73. The maximum Gasteiger partial charge on any atom is 0.251 e. The molecule has 7 nitrogen and oxygen atoms in total. The molecule has 1 rings (SSSR count). The number of methoxy groups -OCH3 is 1. The Hall–Kier alpha value is -2.12. The number of carbonyl (C=O) groups is 2. The lowest BCUT2D eigenvalue weighted by atomic mass is 10.2. The van der Waals surface area contributed by atoms with Crippen LogP contribution in [0.2, 0.25) is 0 Å². The van der Waals surface area contributed by atoms with Crippen molar-refractivity contribution < 1.29 is 19.1 Å². The molecule has 116 valence electrons. The van der Waals surface area contributed by atoms with Crippen molar-refractivity contribution in [3.63, 3.8) is 0 Å². The predicted molar refractivity (Wildman–Crippen MR) is 78.9 cm³/mol. The van der Waals surface area contributed by atoms with Gasteiger partial charge in [-0.2, -0.15) is 0 Å². The van der Waals surface area contributed by atoms with Gasteiger partial charge in [0.25, 0.3) is 5.91 Å². The third kappa shape index (κ3) is 7.28. The fraction of sp³-hybridized carbons (Fsp3) is 0.429. The van der Waals surface area contributed by atoms with E-state index in [0.29, 0.717) is 37.6 Å². The molecule has 1 aromatic carbocycles. The summed E-state index contributed by atoms with van der Waals surface area (Å²) < 4.78 is 9.84. The number of nitrogens with two attached hydrogens (primary N) is 1. The fourth-order valence-corrected chi connectivity index (χ4v) is 1.47. The maximum atomic E-state index is 11.7. The van der Waals surface area contributed by atoms with Gasteiger partial charge >= 0.3 is 0 Å². The highest BCUT2D eigenvalue weighted by Gasteiger charge is 2.05. The molecule has 7 heteroatoms. The average molecular weight is 295 g/mol. The SMILES string of the molecule is COCCOCC(=O)NCCNC(=O)c1ccc(N)cc1. The standard InChI is InChI=1S/C14H21N3O4/c1-20-8-9-21-10-13(18)16-6-7-17-14(19)11-2-4-12(15)5-3-11/h2-5H,6-10,15H2,1H3,(H,16,18)(H,17,19). The minimum absolute atomic E-state index is 0.0186. The summed E-state index contributed by atoms with van der Waals surface area (Å²) in [4.78, 5) is 23.1. The van der Waals surface area contributed by atoms with Crippen LogP contribution in [0.3, 0.4) is 0 Å². The Morgan fingerprint density at radius 2 is 1.76 bits per heavy atom. The molecule has 1 aromatic rings. The zero-order valence-electron chi connectivity index (χ0n) is 12.1. The number of rotatable bonds is 9. The number of nitrogen functional groups attached to an aromatic ring is 1. The van der Waals surface area contributed by atoms with Crippen LogP contribution in [0.5, 0.6) is 0 Å². The van der Waals surface area contributed by atoms with Crippen molar-refractivity contribution in [3.05, 3.63) is 29.8 Å². The second-order valence-electron chi connectivity index (χ2n) is 4.27. The summed E-state index contributed by atoms with van der Waals surface area (Å²) in [6, 6.07) is 6.61. The molecule has 0 fully saturated rings. The van der Waals surface area contributed by atoms with Gasteiger partial charge in [0.15, 0.2) is 0 Å². The lowest BCUT2D eigenvalue weighted by Crippen LogP contribution is -2.36. The molecule has 0 aliphatic carbocycles. The minimum atomic E-state index is -0.229. The molecular formula is C14H21N3O4. The molecule has 0 aromatic heterocycles. The number of ether oxygens (including phenoxy) is 2. The molecule has 0 saturated carbocycles. The van der Waals surface area contributed by atoms with Crippen molar-refractivity contribution >= 4 is 17.5 Å². The number of hydrogen-bond donors (Lipinski definition) is 3. The smallest absolute Gasteiger partial charge is 0.251 e. The number of amides is 2. The van der Waals surface area contributed by atoms with Gasteiger partial charge in [-0.3, -0.25) is 9.59 Å². The van der Waals surface area contributed by atoms with E-state index >= 15 is 0 Å². The zero-order chi connectivity index (χ0) is 15.5. The van der Waals surface area contributed by atoms with E-state index in [1.165, 1.54) is 0 Å². The van der Waals surface area contributed by atoms with Crippen LogP contribution < -0.4 is 16.4 Å². The molecule has 0 spiro atoms. The van der Waals surface area contributed by atoms with E-state index in [2.05, 4.69) is 10.6 Å². The maximum absolute atomic E-state index is 11.7. The van der Waals surface area contributed by atoms with E-state index in [-0.39, 0.29) is 18.4 Å². The fourth-order valence-electron chi connectivity index (χ4n) is 1.47. The molecule has 2 amide bonds. The molecular weight excluding hydrogens is 274 g/mol. The third-order valence-corrected chi connectivity index (χ3v) is 2.57. The Labute approximate surface area is 123 Å². The lowest BCUT2D eigenvalue weighted by Gasteiger charge is -2.08. The summed E-state index contributed by atoms with van der Waals surface area (Å²) in [7, 11) is 1.56. The van der Waals surface area contributed by atoms with Gasteiger partial charge in [0.2, 0.25) is 5.91 Å². The van der Waals surface area contributed by atoms with Crippen LogP contribution in [0, 0.1) is 0 Å². The van der Waals surface area contributed by atoms with Crippen molar-refractivity contribution in [2.24, 2.45) is 0 Å². The Morgan fingerprint density at radius 3 is 2.43 bits per heavy atom. The van der Waals surface area contributed by atoms with E-state index in [1.807, 2.05) is 0 Å². The first-order valence-electron chi connectivity index (χ1n) is 6.60. The van der Waals surface area contributed by atoms with Crippen LogP contribution in [0.15, 0.2) is 24.3 Å². The van der Waals surface area contributed by atoms with E-state index in [0.717, 1.165) is 0 Å². The normalized spacial score (nSPS) is 10.1. The van der Waals surface area contributed by atoms with Gasteiger partial charge < -0.3 is 25.8 Å². The largest absolute Gasteiger partial charge is 0.399 e. The Morgan fingerprint density at radius 1 is 1.10 bits per heavy atom. The molecule has 0 unspecified atom stereocenters. The van der Waals surface area contributed by atoms with Crippen LogP contribution in [-0.2, 0) is 14.3 Å². The van der Waals surface area contributed by atoms with E-state index < -0.39 is 0 Å². The van der Waals surface area contributed by atoms with Crippen LogP contribution >= 0.6 is 0 Å². The van der Waals surface area contributed by atoms with Crippen LogP contribution in [0.25, 0.3) is 0 Å². The third-order valence-electron chi connectivity index (χ3n) is 2.57. The number of nitrogens with one attached hydrogen (secondary N) is 2. The number of benzene rings is 1. The first-order valence-corrected chi connectivity index (χ1v) is 6.60. The monoisotopic (exact) mass is 295 g/mol. The lowest BCUT2D eigenvalue weighted by molar-refractivity contribution is -0.126. The van der Waals surface area contributed by atoms with E-state index in [1.54, 1.807) is 31.4 Å². The van der Waals surface area contributed by atoms with Crippen molar-refractivity contribution in [1.29, 1.82) is 0 Å².